The average molecular weight is 570 g/mol. The molecule has 2 aromatic heterocycles. The lowest BCUT2D eigenvalue weighted by molar-refractivity contribution is -0.117. The van der Waals surface area contributed by atoms with E-state index in [4.69, 9.17) is 4.74 Å². The predicted octanol–water partition coefficient (Wildman–Crippen LogP) is 4.38. The van der Waals surface area contributed by atoms with Gasteiger partial charge in [0, 0.05) is 12.1 Å². The van der Waals surface area contributed by atoms with Crippen LogP contribution >= 0.6 is 15.9 Å². The van der Waals surface area contributed by atoms with Gasteiger partial charge in [0.15, 0.2) is 0 Å². The molecule has 4 atom stereocenters. The molecule has 3 saturated carbocycles. The molecule has 1 aromatic carbocycles. The van der Waals surface area contributed by atoms with E-state index in [0.29, 0.717) is 51.7 Å². The van der Waals surface area contributed by atoms with Gasteiger partial charge < -0.3 is 15.4 Å². The van der Waals surface area contributed by atoms with Gasteiger partial charge in [-0.05, 0) is 69.6 Å². The molecule has 1 amide bonds. The molecule has 196 valence electrons. The van der Waals surface area contributed by atoms with Gasteiger partial charge in [0.1, 0.15) is 22.6 Å². The van der Waals surface area contributed by atoms with Crippen LogP contribution in [0.1, 0.15) is 39.2 Å². The molecule has 37 heavy (non-hydrogen) atoms. The minimum Gasteiger partial charge on any atom is -0.497 e. The van der Waals surface area contributed by atoms with Crippen molar-refractivity contribution in [2.24, 2.45) is 23.2 Å². The largest absolute Gasteiger partial charge is 0.497 e. The van der Waals surface area contributed by atoms with Gasteiger partial charge in [0.2, 0.25) is 5.91 Å². The second-order valence-corrected chi connectivity index (χ2v) is 11.6. The first-order valence-corrected chi connectivity index (χ1v) is 13.4. The van der Waals surface area contributed by atoms with Crippen molar-refractivity contribution in [2.75, 3.05) is 17.7 Å². The van der Waals surface area contributed by atoms with Crippen molar-refractivity contribution in [3.63, 3.8) is 0 Å². The van der Waals surface area contributed by atoms with Crippen LogP contribution in [0.3, 0.4) is 0 Å². The number of halogens is 1. The number of carbonyl (C=O) groups excluding carboxylic acids is 1. The second-order valence-electron chi connectivity index (χ2n) is 10.8. The lowest BCUT2D eigenvalue weighted by Gasteiger charge is -2.62. The Bertz CT molecular complexity index is 1350. The Morgan fingerprint density at radius 3 is 2.59 bits per heavy atom. The first-order chi connectivity index (χ1) is 17.7. The van der Waals surface area contributed by atoms with E-state index in [1.807, 2.05) is 24.3 Å². The van der Waals surface area contributed by atoms with Gasteiger partial charge in [-0.2, -0.15) is 10.2 Å². The quantitative estimate of drug-likeness (QED) is 0.418. The Morgan fingerprint density at radius 1 is 1.16 bits per heavy atom. The number of aromatic nitrogens is 4. The summed E-state index contributed by atoms with van der Waals surface area (Å²) in [7, 11) is 1.62. The predicted molar refractivity (Wildman–Crippen MR) is 146 cm³/mol. The second kappa shape index (κ2) is 9.96. The van der Waals surface area contributed by atoms with E-state index in [1.54, 1.807) is 30.3 Å². The molecule has 3 aliphatic carbocycles. The molecule has 3 aliphatic rings. The van der Waals surface area contributed by atoms with E-state index in [1.165, 1.54) is 11.1 Å². The molecular formula is C27H33BrN6O3. The third-order valence-electron chi connectivity index (χ3n) is 8.45. The lowest BCUT2D eigenvalue weighted by atomic mass is 9.45. The summed E-state index contributed by atoms with van der Waals surface area (Å²) in [6.45, 7) is 7.31. The Balaban J connectivity index is 1.22. The molecule has 0 spiro atoms. The zero-order valence-corrected chi connectivity index (χ0v) is 23.2. The number of hydrogen-bond acceptors (Lipinski definition) is 6. The molecule has 2 heterocycles. The zero-order chi connectivity index (χ0) is 26.3. The van der Waals surface area contributed by atoms with Crippen LogP contribution in [-0.2, 0) is 17.9 Å². The van der Waals surface area contributed by atoms with Crippen LogP contribution in [-0.4, -0.2) is 38.6 Å². The fraction of sp³-hybridized carbons (Fsp3) is 0.481. The standard InChI is InChI=1S/C27H33BrN6O3/c1-16-20-11-18(27(20,2)3)12-21(16)31-22-13-30-34(26(36)25(22)28)15-24(35)32-23-9-10-29-33(23)14-17-5-7-19(37-4)8-6-17/h5-10,13,16,18,20-21,31H,11-12,14-15H2,1-4H3,(H,32,35)/t16-,18+,20-,21-/m1/s1. The van der Waals surface area contributed by atoms with E-state index >= 15 is 0 Å². The summed E-state index contributed by atoms with van der Waals surface area (Å²) >= 11 is 3.45. The van der Waals surface area contributed by atoms with Crippen molar-refractivity contribution in [1.82, 2.24) is 19.6 Å². The number of methoxy groups -OCH3 is 1. The molecule has 0 saturated heterocycles. The van der Waals surface area contributed by atoms with Crippen molar-refractivity contribution >= 4 is 33.3 Å². The summed E-state index contributed by atoms with van der Waals surface area (Å²) in [5.41, 5.74) is 1.74. The highest BCUT2D eigenvalue weighted by atomic mass is 79.9. The molecule has 0 unspecified atom stereocenters. The first-order valence-electron chi connectivity index (χ1n) is 12.6. The minimum atomic E-state index is -0.359. The SMILES string of the molecule is COc1ccc(Cn2nccc2NC(=O)Cn2ncc(N[C@@H]3C[C@@H]4C[C@H]([C@H]3C)C4(C)C)c(Br)c2=O)cc1. The van der Waals surface area contributed by atoms with Gasteiger partial charge in [0.05, 0.1) is 31.7 Å². The van der Waals surface area contributed by atoms with Crippen LogP contribution in [0.5, 0.6) is 5.75 Å². The van der Waals surface area contributed by atoms with Gasteiger partial charge in [-0.3, -0.25) is 9.59 Å². The molecule has 9 nitrogen and oxygen atoms in total. The summed E-state index contributed by atoms with van der Waals surface area (Å²) in [5.74, 6) is 2.87. The molecule has 0 radical (unpaired) electrons. The number of nitrogens with one attached hydrogen (secondary N) is 2. The number of ether oxygens (including phenoxy) is 1. The van der Waals surface area contributed by atoms with Crippen LogP contribution in [0.25, 0.3) is 0 Å². The maximum absolute atomic E-state index is 13.0. The normalized spacial score (nSPS) is 23.7. The van der Waals surface area contributed by atoms with Gasteiger partial charge >= 0.3 is 0 Å². The van der Waals surface area contributed by atoms with Crippen LogP contribution < -0.4 is 20.9 Å². The summed E-state index contributed by atoms with van der Waals surface area (Å²) in [6, 6.07) is 9.67. The molecule has 6 rings (SSSR count). The van der Waals surface area contributed by atoms with Crippen molar-refractivity contribution < 1.29 is 9.53 Å². The minimum absolute atomic E-state index is 0.205. The third-order valence-corrected chi connectivity index (χ3v) is 9.22. The maximum atomic E-state index is 13.0. The smallest absolute Gasteiger partial charge is 0.283 e. The van der Waals surface area contributed by atoms with E-state index in [9.17, 15) is 9.59 Å². The van der Waals surface area contributed by atoms with Crippen molar-refractivity contribution in [2.45, 2.75) is 52.7 Å². The highest BCUT2D eigenvalue weighted by Gasteiger charge is 2.56. The van der Waals surface area contributed by atoms with Gasteiger partial charge in [0.25, 0.3) is 5.56 Å². The summed E-state index contributed by atoms with van der Waals surface area (Å²) in [5, 5.41) is 15.0. The molecule has 2 bridgehead atoms. The average Bonchev–Trinajstić information content (AvgIpc) is 3.31. The Morgan fingerprint density at radius 2 is 1.92 bits per heavy atom. The number of fused-ring (bicyclic) bond motifs is 2. The number of hydrogen-bond donors (Lipinski definition) is 2. The molecule has 0 aliphatic heterocycles. The van der Waals surface area contributed by atoms with Gasteiger partial charge in [-0.15, -0.1) is 0 Å². The number of benzene rings is 1. The molecule has 2 N–H and O–H groups in total. The van der Waals surface area contributed by atoms with Gasteiger partial charge in [-0.1, -0.05) is 32.9 Å². The van der Waals surface area contributed by atoms with Gasteiger partial charge in [-0.25, -0.2) is 9.36 Å². The Labute approximate surface area is 224 Å². The highest BCUT2D eigenvalue weighted by Crippen LogP contribution is 2.61. The lowest BCUT2D eigenvalue weighted by Crippen LogP contribution is -2.58. The summed E-state index contributed by atoms with van der Waals surface area (Å²) in [6.07, 6.45) is 5.64. The van der Waals surface area contributed by atoms with Crippen molar-refractivity contribution in [1.29, 1.82) is 0 Å². The van der Waals surface area contributed by atoms with E-state index < -0.39 is 0 Å². The Hall–Kier alpha value is -3.14. The summed E-state index contributed by atoms with van der Waals surface area (Å²) in [4.78, 5) is 25.8. The first kappa shape index (κ1) is 25.5. The molecular weight excluding hydrogens is 536 g/mol. The van der Waals surface area contributed by atoms with E-state index in [-0.39, 0.29) is 18.0 Å². The topological polar surface area (TPSA) is 103 Å². The fourth-order valence-electron chi connectivity index (χ4n) is 6.01. The molecule has 10 heteroatoms. The number of nitrogens with zero attached hydrogens (tertiary/aromatic N) is 4. The maximum Gasteiger partial charge on any atom is 0.283 e. The summed E-state index contributed by atoms with van der Waals surface area (Å²) < 4.78 is 8.45. The Kier molecular flexibility index (Phi) is 6.87. The van der Waals surface area contributed by atoms with Crippen molar-refractivity contribution in [3.05, 3.63) is 63.1 Å². The third kappa shape index (κ3) is 4.91. The van der Waals surface area contributed by atoms with E-state index in [2.05, 4.69) is 57.5 Å². The molecule has 3 fully saturated rings. The monoisotopic (exact) mass is 568 g/mol. The van der Waals surface area contributed by atoms with Crippen LogP contribution in [0.15, 0.2) is 52.0 Å². The number of rotatable bonds is 8. The number of amides is 1. The van der Waals surface area contributed by atoms with Crippen molar-refractivity contribution in [3.8, 4) is 5.75 Å². The van der Waals surface area contributed by atoms with E-state index in [0.717, 1.165) is 17.7 Å². The fourth-order valence-corrected chi connectivity index (χ4v) is 6.43. The van der Waals surface area contributed by atoms with Crippen LogP contribution in [0, 0.1) is 23.2 Å². The number of anilines is 2. The number of carbonyl (C=O) groups is 1. The highest BCUT2D eigenvalue weighted by molar-refractivity contribution is 9.10. The van der Waals surface area contributed by atoms with Crippen LogP contribution in [0.2, 0.25) is 0 Å². The molecule has 3 aromatic rings. The van der Waals surface area contributed by atoms with Crippen LogP contribution in [0.4, 0.5) is 11.5 Å². The zero-order valence-electron chi connectivity index (χ0n) is 21.6.